The predicted molar refractivity (Wildman–Crippen MR) is 120 cm³/mol. The van der Waals surface area contributed by atoms with Crippen LogP contribution in [0.2, 0.25) is 0 Å². The van der Waals surface area contributed by atoms with Crippen molar-refractivity contribution in [3.05, 3.63) is 70.0 Å². The van der Waals surface area contributed by atoms with E-state index in [1.807, 2.05) is 54.8 Å². The first-order chi connectivity index (χ1) is 15.0. The molecule has 0 aliphatic carbocycles. The van der Waals surface area contributed by atoms with Crippen molar-refractivity contribution in [3.63, 3.8) is 0 Å². The number of hydrogen-bond acceptors (Lipinski definition) is 6. The number of aryl methyl sites for hydroxylation is 2. The normalized spacial score (nSPS) is 10.9. The summed E-state index contributed by atoms with van der Waals surface area (Å²) in [6.45, 7) is 1.98. The number of ether oxygens (including phenoxy) is 1. The summed E-state index contributed by atoms with van der Waals surface area (Å²) in [5, 5.41) is 9.80. The van der Waals surface area contributed by atoms with Crippen molar-refractivity contribution < 1.29 is 14.3 Å². The minimum absolute atomic E-state index is 0.332. The minimum Gasteiger partial charge on any atom is -0.452 e. The molecule has 31 heavy (non-hydrogen) atoms. The molecule has 7 nitrogen and oxygen atoms in total. The van der Waals surface area contributed by atoms with E-state index in [1.54, 1.807) is 29.1 Å². The maximum atomic E-state index is 12.9. The number of esters is 1. The standard InChI is InChI=1S/C23H22N4O3S/c1-15-21-18(23(29)30-14-20(28)24-11-10-17-9-6-12-31-17)13-19(16-7-4-3-5-8-16)25-22(21)27(2)26-15/h3-9,12-13H,10-11,14H2,1-2H3,(H,24,28). The lowest BCUT2D eigenvalue weighted by Crippen LogP contribution is -2.30. The molecule has 0 atom stereocenters. The quantitative estimate of drug-likeness (QED) is 0.450. The Hall–Kier alpha value is -3.52. The van der Waals surface area contributed by atoms with Crippen LogP contribution in [0.15, 0.2) is 53.9 Å². The molecule has 0 spiro atoms. The fourth-order valence-corrected chi connectivity index (χ4v) is 4.11. The Bertz CT molecular complexity index is 1220. The monoisotopic (exact) mass is 434 g/mol. The van der Waals surface area contributed by atoms with Gasteiger partial charge in [0.1, 0.15) is 0 Å². The van der Waals surface area contributed by atoms with Crippen molar-refractivity contribution in [2.45, 2.75) is 13.3 Å². The molecule has 1 N–H and O–H groups in total. The van der Waals surface area contributed by atoms with Gasteiger partial charge in [-0.25, -0.2) is 9.78 Å². The van der Waals surface area contributed by atoms with Crippen LogP contribution in [-0.4, -0.2) is 39.8 Å². The third-order valence-corrected chi connectivity index (χ3v) is 5.80. The van der Waals surface area contributed by atoms with E-state index in [0.29, 0.717) is 34.5 Å². The van der Waals surface area contributed by atoms with Crippen LogP contribution in [-0.2, 0) is 23.0 Å². The summed E-state index contributed by atoms with van der Waals surface area (Å²) in [5.41, 5.74) is 3.14. The largest absolute Gasteiger partial charge is 0.452 e. The van der Waals surface area contributed by atoms with Gasteiger partial charge in [-0.05, 0) is 30.9 Å². The molecular formula is C23H22N4O3S. The van der Waals surface area contributed by atoms with Gasteiger partial charge in [-0.15, -0.1) is 11.3 Å². The number of thiophene rings is 1. The van der Waals surface area contributed by atoms with Crippen LogP contribution in [0.3, 0.4) is 0 Å². The second kappa shape index (κ2) is 9.09. The topological polar surface area (TPSA) is 86.1 Å². The van der Waals surface area contributed by atoms with E-state index >= 15 is 0 Å². The summed E-state index contributed by atoms with van der Waals surface area (Å²) in [4.78, 5) is 30.9. The third-order valence-electron chi connectivity index (χ3n) is 4.87. The van der Waals surface area contributed by atoms with Gasteiger partial charge in [0.2, 0.25) is 0 Å². The van der Waals surface area contributed by atoms with Crippen molar-refractivity contribution in [2.24, 2.45) is 7.05 Å². The summed E-state index contributed by atoms with van der Waals surface area (Å²) in [7, 11) is 1.78. The molecule has 158 valence electrons. The highest BCUT2D eigenvalue weighted by Gasteiger charge is 2.21. The van der Waals surface area contributed by atoms with E-state index in [2.05, 4.69) is 15.4 Å². The lowest BCUT2D eigenvalue weighted by atomic mass is 10.1. The van der Waals surface area contributed by atoms with Crippen LogP contribution < -0.4 is 5.32 Å². The summed E-state index contributed by atoms with van der Waals surface area (Å²) in [6, 6.07) is 15.3. The average Bonchev–Trinajstić information content (AvgIpc) is 3.40. The number of nitrogens with one attached hydrogen (secondary N) is 1. The Morgan fingerprint density at radius 1 is 1.16 bits per heavy atom. The van der Waals surface area contributed by atoms with Gasteiger partial charge >= 0.3 is 5.97 Å². The van der Waals surface area contributed by atoms with Gasteiger partial charge in [0.25, 0.3) is 5.91 Å². The second-order valence-corrected chi connectivity index (χ2v) is 8.12. The van der Waals surface area contributed by atoms with Crippen LogP contribution in [0.5, 0.6) is 0 Å². The van der Waals surface area contributed by atoms with Crippen molar-refractivity contribution in [1.82, 2.24) is 20.1 Å². The number of hydrogen-bond donors (Lipinski definition) is 1. The molecule has 0 radical (unpaired) electrons. The molecule has 0 bridgehead atoms. The summed E-state index contributed by atoms with van der Waals surface area (Å²) in [6.07, 6.45) is 0.748. The first-order valence-corrected chi connectivity index (χ1v) is 10.8. The van der Waals surface area contributed by atoms with Gasteiger partial charge in [-0.2, -0.15) is 5.10 Å². The molecule has 0 unspecified atom stereocenters. The SMILES string of the molecule is Cc1nn(C)c2nc(-c3ccccc3)cc(C(=O)OCC(=O)NCCc3cccs3)c12. The molecule has 1 aromatic carbocycles. The molecule has 0 saturated heterocycles. The highest BCUT2D eigenvalue weighted by Crippen LogP contribution is 2.27. The number of nitrogens with zero attached hydrogens (tertiary/aromatic N) is 3. The Morgan fingerprint density at radius 3 is 2.71 bits per heavy atom. The molecule has 3 heterocycles. The lowest BCUT2D eigenvalue weighted by molar-refractivity contribution is -0.124. The van der Waals surface area contributed by atoms with Gasteiger partial charge in [0.15, 0.2) is 12.3 Å². The van der Waals surface area contributed by atoms with Crippen molar-refractivity contribution in [1.29, 1.82) is 0 Å². The smallest absolute Gasteiger partial charge is 0.339 e. The number of carbonyl (C=O) groups excluding carboxylic acids is 2. The van der Waals surface area contributed by atoms with E-state index in [4.69, 9.17) is 4.74 Å². The van der Waals surface area contributed by atoms with Gasteiger partial charge in [-0.1, -0.05) is 36.4 Å². The van der Waals surface area contributed by atoms with E-state index < -0.39 is 5.97 Å². The molecule has 4 rings (SSSR count). The molecule has 3 aromatic heterocycles. The highest BCUT2D eigenvalue weighted by atomic mass is 32.1. The summed E-state index contributed by atoms with van der Waals surface area (Å²) < 4.78 is 6.97. The highest BCUT2D eigenvalue weighted by molar-refractivity contribution is 7.09. The van der Waals surface area contributed by atoms with Crippen LogP contribution in [0.25, 0.3) is 22.3 Å². The minimum atomic E-state index is -0.575. The fraction of sp³-hybridized carbons (Fsp3) is 0.217. The number of benzene rings is 1. The van der Waals surface area contributed by atoms with Gasteiger partial charge < -0.3 is 10.1 Å². The zero-order valence-corrected chi connectivity index (χ0v) is 18.1. The van der Waals surface area contributed by atoms with Crippen LogP contribution in [0.4, 0.5) is 0 Å². The van der Waals surface area contributed by atoms with E-state index in [9.17, 15) is 9.59 Å². The number of aromatic nitrogens is 3. The van der Waals surface area contributed by atoms with Gasteiger partial charge in [0.05, 0.1) is 22.3 Å². The van der Waals surface area contributed by atoms with Crippen molar-refractivity contribution >= 4 is 34.2 Å². The Balaban J connectivity index is 1.51. The molecular weight excluding hydrogens is 412 g/mol. The Morgan fingerprint density at radius 2 is 1.97 bits per heavy atom. The maximum absolute atomic E-state index is 12.9. The van der Waals surface area contributed by atoms with Crippen LogP contribution >= 0.6 is 11.3 Å². The molecule has 1 amide bonds. The summed E-state index contributed by atoms with van der Waals surface area (Å²) >= 11 is 1.64. The average molecular weight is 435 g/mol. The van der Waals surface area contributed by atoms with Gasteiger partial charge in [-0.3, -0.25) is 9.48 Å². The third kappa shape index (κ3) is 4.64. The van der Waals surface area contributed by atoms with Crippen molar-refractivity contribution in [2.75, 3.05) is 13.2 Å². The van der Waals surface area contributed by atoms with E-state index in [-0.39, 0.29) is 12.5 Å². The predicted octanol–water partition coefficient (Wildman–Crippen LogP) is 3.52. The van der Waals surface area contributed by atoms with Crippen LogP contribution in [0.1, 0.15) is 20.9 Å². The zero-order chi connectivity index (χ0) is 21.8. The van der Waals surface area contributed by atoms with Gasteiger partial charge in [0, 0.05) is 24.0 Å². The van der Waals surface area contributed by atoms with Crippen molar-refractivity contribution in [3.8, 4) is 11.3 Å². The molecule has 0 saturated carbocycles. The molecule has 0 aliphatic heterocycles. The number of pyridine rings is 1. The fourth-order valence-electron chi connectivity index (χ4n) is 3.40. The van der Waals surface area contributed by atoms with E-state index in [0.717, 1.165) is 12.0 Å². The molecule has 0 aliphatic rings. The number of carbonyl (C=O) groups is 2. The van der Waals surface area contributed by atoms with Crippen LogP contribution in [0, 0.1) is 6.92 Å². The van der Waals surface area contributed by atoms with E-state index in [1.165, 1.54) is 4.88 Å². The molecule has 8 heteroatoms. The zero-order valence-electron chi connectivity index (χ0n) is 17.3. The Labute approximate surface area is 183 Å². The first-order valence-electron chi connectivity index (χ1n) is 9.89. The number of fused-ring (bicyclic) bond motifs is 1. The number of amides is 1. The summed E-state index contributed by atoms with van der Waals surface area (Å²) in [5.74, 6) is -0.907. The number of rotatable bonds is 7. The first kappa shape index (κ1) is 20.7. The molecule has 0 fully saturated rings. The molecule has 4 aromatic rings. The lowest BCUT2D eigenvalue weighted by Gasteiger charge is -2.09. The Kier molecular flexibility index (Phi) is 6.08. The second-order valence-electron chi connectivity index (χ2n) is 7.08. The maximum Gasteiger partial charge on any atom is 0.339 e.